The number of nitrogens with one attached hydrogen (secondary N) is 1. The molecule has 0 aromatic heterocycles. The van der Waals surface area contributed by atoms with Crippen molar-refractivity contribution in [2.24, 2.45) is 0 Å². The smallest absolute Gasteiger partial charge is 0.303 e. The van der Waals surface area contributed by atoms with E-state index in [0.717, 1.165) is 6.54 Å². The normalized spacial score (nSPS) is 12.8. The van der Waals surface area contributed by atoms with Crippen molar-refractivity contribution in [2.75, 3.05) is 13.1 Å². The minimum atomic E-state index is -0.792. The molecule has 0 fully saturated rings. The fraction of sp³-hybridized carbons (Fsp3) is 0.833. The van der Waals surface area contributed by atoms with E-state index in [0.29, 0.717) is 13.0 Å². The number of hydrogen-bond acceptors (Lipinski definition) is 3. The first-order chi connectivity index (χ1) is 7.86. The average molecular weight is 244 g/mol. The molecule has 0 aromatic rings. The zero-order valence-electron chi connectivity index (χ0n) is 11.2. The van der Waals surface area contributed by atoms with E-state index in [9.17, 15) is 9.59 Å². The zero-order valence-corrected chi connectivity index (χ0v) is 11.2. The number of carbonyl (C=O) groups is 2. The second kappa shape index (κ2) is 8.06. The summed E-state index contributed by atoms with van der Waals surface area (Å²) >= 11 is 0. The molecule has 5 heteroatoms. The number of nitrogens with zero attached hydrogens (tertiary/aromatic N) is 1. The van der Waals surface area contributed by atoms with Crippen molar-refractivity contribution in [1.29, 1.82) is 0 Å². The van der Waals surface area contributed by atoms with E-state index < -0.39 is 5.97 Å². The van der Waals surface area contributed by atoms with Crippen LogP contribution < -0.4 is 5.32 Å². The maximum absolute atomic E-state index is 11.6. The summed E-state index contributed by atoms with van der Waals surface area (Å²) < 4.78 is 0. The topological polar surface area (TPSA) is 69.6 Å². The molecule has 0 bridgehead atoms. The Morgan fingerprint density at radius 2 is 1.88 bits per heavy atom. The van der Waals surface area contributed by atoms with Gasteiger partial charge in [0.15, 0.2) is 0 Å². The van der Waals surface area contributed by atoms with Gasteiger partial charge < -0.3 is 10.4 Å². The molecule has 0 aliphatic carbocycles. The lowest BCUT2D eigenvalue weighted by Gasteiger charge is -2.27. The van der Waals surface area contributed by atoms with Gasteiger partial charge in [-0.05, 0) is 33.7 Å². The van der Waals surface area contributed by atoms with Crippen LogP contribution in [0.3, 0.4) is 0 Å². The fourth-order valence-corrected chi connectivity index (χ4v) is 1.65. The summed E-state index contributed by atoms with van der Waals surface area (Å²) in [5.41, 5.74) is 0. The molecule has 100 valence electrons. The molecule has 0 aliphatic heterocycles. The monoisotopic (exact) mass is 244 g/mol. The highest BCUT2D eigenvalue weighted by molar-refractivity contribution is 5.78. The summed E-state index contributed by atoms with van der Waals surface area (Å²) in [5.74, 6) is -0.802. The van der Waals surface area contributed by atoms with Crippen molar-refractivity contribution in [3.63, 3.8) is 0 Å². The number of aliphatic carboxylic acids is 1. The molecule has 0 aliphatic rings. The van der Waals surface area contributed by atoms with Gasteiger partial charge in [0.25, 0.3) is 0 Å². The van der Waals surface area contributed by atoms with Crippen molar-refractivity contribution in [3.8, 4) is 0 Å². The molecule has 0 saturated heterocycles. The summed E-state index contributed by atoms with van der Waals surface area (Å²) in [7, 11) is 0. The minimum Gasteiger partial charge on any atom is -0.481 e. The Morgan fingerprint density at radius 3 is 2.29 bits per heavy atom. The predicted octanol–water partition coefficient (Wildman–Crippen LogP) is 1.09. The molecule has 2 N–H and O–H groups in total. The van der Waals surface area contributed by atoms with E-state index in [2.05, 4.69) is 5.32 Å². The number of likely N-dealkylation sites (N-methyl/N-ethyl adjacent to an activating group) is 1. The summed E-state index contributed by atoms with van der Waals surface area (Å²) in [6.07, 6.45) is 0.710. The molecule has 1 amide bonds. The van der Waals surface area contributed by atoms with Crippen molar-refractivity contribution in [3.05, 3.63) is 0 Å². The third-order valence-electron chi connectivity index (χ3n) is 2.60. The Bertz CT molecular complexity index is 254. The van der Waals surface area contributed by atoms with Crippen LogP contribution in [-0.4, -0.2) is 47.1 Å². The quantitative estimate of drug-likeness (QED) is 0.670. The lowest BCUT2D eigenvalue weighted by Crippen LogP contribution is -2.43. The van der Waals surface area contributed by atoms with E-state index in [4.69, 9.17) is 5.11 Å². The van der Waals surface area contributed by atoms with Crippen LogP contribution in [-0.2, 0) is 9.59 Å². The molecule has 0 aromatic carbocycles. The molecule has 0 spiro atoms. The lowest BCUT2D eigenvalue weighted by atomic mass is 10.1. The van der Waals surface area contributed by atoms with Gasteiger partial charge in [0, 0.05) is 18.5 Å². The van der Waals surface area contributed by atoms with Gasteiger partial charge >= 0.3 is 5.97 Å². The molecule has 0 rings (SSSR count). The molecular formula is C12H24N2O3. The fourth-order valence-electron chi connectivity index (χ4n) is 1.65. The SMILES string of the molecule is CCN(CC(=O)NC(C)C)C(C)CCC(=O)O. The van der Waals surface area contributed by atoms with Gasteiger partial charge in [0.05, 0.1) is 6.54 Å². The van der Waals surface area contributed by atoms with Gasteiger partial charge in [0.1, 0.15) is 0 Å². The summed E-state index contributed by atoms with van der Waals surface area (Å²) in [6, 6.07) is 0.240. The van der Waals surface area contributed by atoms with Crippen molar-refractivity contribution in [1.82, 2.24) is 10.2 Å². The standard InChI is InChI=1S/C12H24N2O3/c1-5-14(8-11(15)13-9(2)3)10(4)6-7-12(16)17/h9-10H,5-8H2,1-4H3,(H,13,15)(H,16,17). The molecule has 0 saturated carbocycles. The zero-order chi connectivity index (χ0) is 13.4. The van der Waals surface area contributed by atoms with Gasteiger partial charge in [-0.2, -0.15) is 0 Å². The molecule has 0 radical (unpaired) electrons. The van der Waals surface area contributed by atoms with Gasteiger partial charge in [0.2, 0.25) is 5.91 Å². The van der Waals surface area contributed by atoms with Crippen molar-refractivity contribution in [2.45, 2.75) is 52.6 Å². The van der Waals surface area contributed by atoms with E-state index in [-0.39, 0.29) is 24.4 Å². The van der Waals surface area contributed by atoms with Crippen molar-refractivity contribution < 1.29 is 14.7 Å². The van der Waals surface area contributed by atoms with Crippen LogP contribution in [0.5, 0.6) is 0 Å². The molecule has 0 heterocycles. The molecule has 17 heavy (non-hydrogen) atoms. The van der Waals surface area contributed by atoms with E-state index in [1.807, 2.05) is 32.6 Å². The first-order valence-electron chi connectivity index (χ1n) is 6.12. The maximum Gasteiger partial charge on any atom is 0.303 e. The van der Waals surface area contributed by atoms with Crippen LogP contribution in [0, 0.1) is 0 Å². The number of hydrogen-bond donors (Lipinski definition) is 2. The van der Waals surface area contributed by atoms with E-state index >= 15 is 0 Å². The van der Waals surface area contributed by atoms with Crippen molar-refractivity contribution >= 4 is 11.9 Å². The predicted molar refractivity (Wildman–Crippen MR) is 66.9 cm³/mol. The number of carboxylic acid groups (broad SMARTS) is 1. The summed E-state index contributed by atoms with van der Waals surface area (Å²) in [4.78, 5) is 24.1. The summed E-state index contributed by atoms with van der Waals surface area (Å²) in [5, 5.41) is 11.5. The maximum atomic E-state index is 11.6. The Kier molecular flexibility index (Phi) is 7.54. The second-order valence-corrected chi connectivity index (χ2v) is 4.57. The van der Waals surface area contributed by atoms with E-state index in [1.54, 1.807) is 0 Å². The van der Waals surface area contributed by atoms with Gasteiger partial charge in [-0.15, -0.1) is 0 Å². The Hall–Kier alpha value is -1.10. The number of carbonyl (C=O) groups excluding carboxylic acids is 1. The molecule has 1 atom stereocenters. The van der Waals surface area contributed by atoms with Crippen LogP contribution in [0.15, 0.2) is 0 Å². The Morgan fingerprint density at radius 1 is 1.29 bits per heavy atom. The largest absolute Gasteiger partial charge is 0.481 e. The first-order valence-corrected chi connectivity index (χ1v) is 6.12. The highest BCUT2D eigenvalue weighted by Gasteiger charge is 2.16. The number of amides is 1. The average Bonchev–Trinajstić information content (AvgIpc) is 2.21. The number of carboxylic acids is 1. The van der Waals surface area contributed by atoms with Crippen LogP contribution in [0.25, 0.3) is 0 Å². The Balaban J connectivity index is 4.12. The van der Waals surface area contributed by atoms with Crippen LogP contribution >= 0.6 is 0 Å². The Labute approximate surface area is 103 Å². The highest BCUT2D eigenvalue weighted by atomic mass is 16.4. The number of rotatable bonds is 8. The highest BCUT2D eigenvalue weighted by Crippen LogP contribution is 2.06. The first kappa shape index (κ1) is 15.9. The minimum absolute atomic E-state index is 0.0102. The lowest BCUT2D eigenvalue weighted by molar-refractivity contribution is -0.137. The summed E-state index contributed by atoms with van der Waals surface area (Å²) in [6.45, 7) is 8.83. The third kappa shape index (κ3) is 7.74. The van der Waals surface area contributed by atoms with Gasteiger partial charge in [-0.1, -0.05) is 6.92 Å². The van der Waals surface area contributed by atoms with Gasteiger partial charge in [-0.25, -0.2) is 0 Å². The molecule has 5 nitrogen and oxygen atoms in total. The third-order valence-corrected chi connectivity index (χ3v) is 2.60. The molecular weight excluding hydrogens is 220 g/mol. The molecule has 1 unspecified atom stereocenters. The second-order valence-electron chi connectivity index (χ2n) is 4.57. The van der Waals surface area contributed by atoms with E-state index in [1.165, 1.54) is 0 Å². The van der Waals surface area contributed by atoms with Gasteiger partial charge in [-0.3, -0.25) is 14.5 Å². The van der Waals surface area contributed by atoms with Crippen LogP contribution in [0.2, 0.25) is 0 Å². The van der Waals surface area contributed by atoms with Crippen LogP contribution in [0.4, 0.5) is 0 Å². The van der Waals surface area contributed by atoms with Crippen LogP contribution in [0.1, 0.15) is 40.5 Å².